The van der Waals surface area contributed by atoms with Crippen LogP contribution in [-0.4, -0.2) is 25.8 Å². The SMILES string of the molecule is CCCC(OCC)C(Cc1cc(Cl)ccc1Cl)NC. The third-order valence-corrected chi connectivity index (χ3v) is 3.82. The quantitative estimate of drug-likeness (QED) is 0.772. The van der Waals surface area contributed by atoms with Gasteiger partial charge in [-0.15, -0.1) is 0 Å². The Hall–Kier alpha value is -0.280. The van der Waals surface area contributed by atoms with Gasteiger partial charge in [0.1, 0.15) is 0 Å². The summed E-state index contributed by atoms with van der Waals surface area (Å²) in [7, 11) is 1.96. The summed E-state index contributed by atoms with van der Waals surface area (Å²) in [5, 5.41) is 4.82. The van der Waals surface area contributed by atoms with Gasteiger partial charge in [0.15, 0.2) is 0 Å². The molecule has 0 radical (unpaired) electrons. The molecule has 0 aliphatic heterocycles. The Kier molecular flexibility index (Phi) is 7.77. The van der Waals surface area contributed by atoms with Crippen molar-refractivity contribution in [3.63, 3.8) is 0 Å². The maximum atomic E-state index is 6.23. The van der Waals surface area contributed by atoms with Crippen LogP contribution in [0, 0.1) is 0 Å². The number of rotatable bonds is 8. The summed E-state index contributed by atoms with van der Waals surface area (Å²) in [6.07, 6.45) is 3.17. The highest BCUT2D eigenvalue weighted by atomic mass is 35.5. The van der Waals surface area contributed by atoms with Gasteiger partial charge in [-0.1, -0.05) is 36.5 Å². The minimum Gasteiger partial charge on any atom is -0.377 e. The fourth-order valence-electron chi connectivity index (χ4n) is 2.26. The van der Waals surface area contributed by atoms with Gasteiger partial charge in [0.05, 0.1) is 6.10 Å². The first kappa shape index (κ1) is 16.8. The Morgan fingerprint density at radius 2 is 2.00 bits per heavy atom. The van der Waals surface area contributed by atoms with Crippen LogP contribution >= 0.6 is 23.2 Å². The molecular formula is C15H23Cl2NO. The first-order valence-electron chi connectivity index (χ1n) is 6.85. The number of nitrogens with one attached hydrogen (secondary N) is 1. The molecule has 0 aromatic heterocycles. The molecule has 2 atom stereocenters. The fourth-order valence-corrected chi connectivity index (χ4v) is 2.64. The van der Waals surface area contributed by atoms with Crippen molar-refractivity contribution in [2.45, 2.75) is 45.3 Å². The second kappa shape index (κ2) is 8.80. The molecule has 0 aliphatic carbocycles. The van der Waals surface area contributed by atoms with Crippen molar-refractivity contribution in [1.29, 1.82) is 0 Å². The van der Waals surface area contributed by atoms with Gasteiger partial charge in [-0.2, -0.15) is 0 Å². The number of hydrogen-bond donors (Lipinski definition) is 1. The van der Waals surface area contributed by atoms with Gasteiger partial charge in [0, 0.05) is 22.7 Å². The summed E-state index contributed by atoms with van der Waals surface area (Å²) in [4.78, 5) is 0. The monoisotopic (exact) mass is 303 g/mol. The van der Waals surface area contributed by atoms with Gasteiger partial charge in [-0.3, -0.25) is 0 Å². The lowest BCUT2D eigenvalue weighted by Crippen LogP contribution is -2.41. The van der Waals surface area contributed by atoms with E-state index in [0.29, 0.717) is 0 Å². The smallest absolute Gasteiger partial charge is 0.0730 e. The molecule has 0 amide bonds. The highest BCUT2D eigenvalue weighted by Gasteiger charge is 2.21. The molecule has 1 aromatic rings. The molecular weight excluding hydrogens is 281 g/mol. The van der Waals surface area contributed by atoms with Crippen molar-refractivity contribution >= 4 is 23.2 Å². The molecule has 0 aliphatic rings. The van der Waals surface area contributed by atoms with Gasteiger partial charge in [0.25, 0.3) is 0 Å². The van der Waals surface area contributed by atoms with E-state index >= 15 is 0 Å². The van der Waals surface area contributed by atoms with E-state index in [9.17, 15) is 0 Å². The molecule has 1 aromatic carbocycles. The van der Waals surface area contributed by atoms with E-state index in [4.69, 9.17) is 27.9 Å². The normalized spacial score (nSPS) is 14.4. The molecule has 2 unspecified atom stereocenters. The van der Waals surface area contributed by atoms with Crippen LogP contribution < -0.4 is 5.32 Å². The Labute approximate surface area is 126 Å². The van der Waals surface area contributed by atoms with E-state index in [1.807, 2.05) is 32.2 Å². The Balaban J connectivity index is 2.81. The number of benzene rings is 1. The summed E-state index contributed by atoms with van der Waals surface area (Å²) < 4.78 is 5.84. The molecule has 108 valence electrons. The molecule has 0 heterocycles. The van der Waals surface area contributed by atoms with E-state index in [1.165, 1.54) is 0 Å². The lowest BCUT2D eigenvalue weighted by Gasteiger charge is -2.27. The highest BCUT2D eigenvalue weighted by Crippen LogP contribution is 2.23. The van der Waals surface area contributed by atoms with Gasteiger partial charge < -0.3 is 10.1 Å². The molecule has 0 saturated carbocycles. The van der Waals surface area contributed by atoms with Gasteiger partial charge in [-0.25, -0.2) is 0 Å². The summed E-state index contributed by atoms with van der Waals surface area (Å²) >= 11 is 12.3. The van der Waals surface area contributed by atoms with E-state index in [-0.39, 0.29) is 12.1 Å². The van der Waals surface area contributed by atoms with Crippen LogP contribution in [0.3, 0.4) is 0 Å². The number of halogens is 2. The Morgan fingerprint density at radius 1 is 1.26 bits per heavy atom. The van der Waals surface area contributed by atoms with Crippen LogP contribution in [0.4, 0.5) is 0 Å². The molecule has 1 rings (SSSR count). The average Bonchev–Trinajstić information content (AvgIpc) is 2.39. The lowest BCUT2D eigenvalue weighted by atomic mass is 9.98. The van der Waals surface area contributed by atoms with Crippen molar-refractivity contribution in [2.24, 2.45) is 0 Å². The summed E-state index contributed by atoms with van der Waals surface area (Å²) in [6, 6.07) is 5.84. The van der Waals surface area contributed by atoms with E-state index in [0.717, 1.165) is 41.5 Å². The first-order chi connectivity index (χ1) is 9.12. The maximum Gasteiger partial charge on any atom is 0.0730 e. The van der Waals surface area contributed by atoms with Crippen molar-refractivity contribution in [2.75, 3.05) is 13.7 Å². The van der Waals surface area contributed by atoms with Crippen molar-refractivity contribution in [3.8, 4) is 0 Å². The van der Waals surface area contributed by atoms with Crippen molar-refractivity contribution in [3.05, 3.63) is 33.8 Å². The third kappa shape index (κ3) is 5.31. The first-order valence-corrected chi connectivity index (χ1v) is 7.60. The number of ether oxygens (including phenoxy) is 1. The zero-order valence-electron chi connectivity index (χ0n) is 11.9. The molecule has 0 bridgehead atoms. The summed E-state index contributed by atoms with van der Waals surface area (Å²) in [5.41, 5.74) is 1.06. The van der Waals surface area contributed by atoms with E-state index in [2.05, 4.69) is 12.2 Å². The molecule has 1 N–H and O–H groups in total. The molecule has 0 spiro atoms. The molecule has 4 heteroatoms. The summed E-state index contributed by atoms with van der Waals surface area (Å²) in [6.45, 7) is 4.93. The van der Waals surface area contributed by atoms with Gasteiger partial charge >= 0.3 is 0 Å². The lowest BCUT2D eigenvalue weighted by molar-refractivity contribution is 0.0301. The second-order valence-electron chi connectivity index (χ2n) is 4.62. The molecule has 0 fully saturated rings. The maximum absolute atomic E-state index is 6.23. The second-order valence-corrected chi connectivity index (χ2v) is 5.46. The van der Waals surface area contributed by atoms with Crippen molar-refractivity contribution < 1.29 is 4.74 Å². The highest BCUT2D eigenvalue weighted by molar-refractivity contribution is 6.33. The van der Waals surface area contributed by atoms with E-state index < -0.39 is 0 Å². The minimum absolute atomic E-state index is 0.204. The van der Waals surface area contributed by atoms with Crippen LogP contribution in [-0.2, 0) is 11.2 Å². The van der Waals surface area contributed by atoms with Gasteiger partial charge in [-0.05, 0) is 50.6 Å². The minimum atomic E-state index is 0.204. The predicted octanol–water partition coefficient (Wildman–Crippen LogP) is 4.33. The van der Waals surface area contributed by atoms with E-state index in [1.54, 1.807) is 0 Å². The van der Waals surface area contributed by atoms with Crippen LogP contribution in [0.2, 0.25) is 10.0 Å². The molecule has 2 nitrogen and oxygen atoms in total. The van der Waals surface area contributed by atoms with Crippen LogP contribution in [0.15, 0.2) is 18.2 Å². The predicted molar refractivity (Wildman–Crippen MR) is 83.3 cm³/mol. The number of hydrogen-bond acceptors (Lipinski definition) is 2. The van der Waals surface area contributed by atoms with Crippen molar-refractivity contribution in [1.82, 2.24) is 5.32 Å². The standard InChI is InChI=1S/C15H23Cl2NO/c1-4-6-15(19-5-2)14(18-3)10-11-9-12(16)7-8-13(11)17/h7-9,14-15,18H,4-6,10H2,1-3H3. The molecule has 0 saturated heterocycles. The number of likely N-dealkylation sites (N-methyl/N-ethyl adjacent to an activating group) is 1. The zero-order chi connectivity index (χ0) is 14.3. The fraction of sp³-hybridized carbons (Fsp3) is 0.600. The zero-order valence-corrected chi connectivity index (χ0v) is 13.4. The van der Waals surface area contributed by atoms with Gasteiger partial charge in [0.2, 0.25) is 0 Å². The third-order valence-electron chi connectivity index (χ3n) is 3.22. The topological polar surface area (TPSA) is 21.3 Å². The van der Waals surface area contributed by atoms with Crippen LogP contribution in [0.25, 0.3) is 0 Å². The largest absolute Gasteiger partial charge is 0.377 e. The summed E-state index contributed by atoms with van der Waals surface area (Å²) in [5.74, 6) is 0. The molecule has 19 heavy (non-hydrogen) atoms. The Bertz CT molecular complexity index is 378. The Morgan fingerprint density at radius 3 is 2.58 bits per heavy atom. The van der Waals surface area contributed by atoms with Crippen LogP contribution in [0.1, 0.15) is 32.3 Å². The van der Waals surface area contributed by atoms with Crippen LogP contribution in [0.5, 0.6) is 0 Å². The average molecular weight is 304 g/mol.